The SMILES string of the molecule is COc1cccc(Oc2ccc3c(c2)C2(NC(=S)N(C)C2=O)C(CCC(C)OC)C3)c1. The molecule has 0 radical (unpaired) electrons. The van der Waals surface area contributed by atoms with Gasteiger partial charge in [0, 0.05) is 20.2 Å². The largest absolute Gasteiger partial charge is 0.497 e. The summed E-state index contributed by atoms with van der Waals surface area (Å²) < 4.78 is 16.8. The van der Waals surface area contributed by atoms with Gasteiger partial charge in [-0.15, -0.1) is 0 Å². The van der Waals surface area contributed by atoms with E-state index in [0.29, 0.717) is 16.6 Å². The van der Waals surface area contributed by atoms with Crippen molar-refractivity contribution < 1.29 is 19.0 Å². The van der Waals surface area contributed by atoms with Crippen molar-refractivity contribution >= 4 is 23.2 Å². The van der Waals surface area contributed by atoms with E-state index in [9.17, 15) is 4.79 Å². The van der Waals surface area contributed by atoms with E-state index in [1.54, 1.807) is 26.2 Å². The van der Waals surface area contributed by atoms with Gasteiger partial charge in [-0.1, -0.05) is 12.1 Å². The number of nitrogens with one attached hydrogen (secondary N) is 1. The van der Waals surface area contributed by atoms with Gasteiger partial charge in [-0.2, -0.15) is 0 Å². The second-order valence-corrected chi connectivity index (χ2v) is 8.61. The van der Waals surface area contributed by atoms with Crippen LogP contribution < -0.4 is 14.8 Å². The Hall–Kier alpha value is -2.64. The third-order valence-corrected chi connectivity index (χ3v) is 6.81. The number of carbonyl (C=O) groups excluding carboxylic acids is 1. The van der Waals surface area contributed by atoms with Crippen LogP contribution in [0.4, 0.5) is 0 Å². The number of likely N-dealkylation sites (N-methyl/N-ethyl adjacent to an activating group) is 1. The predicted molar refractivity (Wildman–Crippen MR) is 123 cm³/mol. The standard InChI is InChI=1S/C24H28N2O4S/c1-15(28-3)8-10-17-12-16-9-11-20(30-19-7-5-6-18(13-19)29-4)14-21(16)24(17)22(27)26(2)23(31)25-24/h5-7,9,11,13-15,17H,8,10,12H2,1-4H3,(H,25,31). The van der Waals surface area contributed by atoms with Crippen LogP contribution in [0.25, 0.3) is 0 Å². The number of fused-ring (bicyclic) bond motifs is 2. The third kappa shape index (κ3) is 3.77. The van der Waals surface area contributed by atoms with Gasteiger partial charge in [-0.05, 0) is 79.7 Å². The first-order valence-electron chi connectivity index (χ1n) is 10.5. The lowest BCUT2D eigenvalue weighted by Gasteiger charge is -2.31. The molecule has 164 valence electrons. The topological polar surface area (TPSA) is 60.0 Å². The number of ether oxygens (including phenoxy) is 3. The first-order chi connectivity index (χ1) is 14.9. The molecule has 1 spiro atoms. The molecular weight excluding hydrogens is 412 g/mol. The van der Waals surface area contributed by atoms with E-state index >= 15 is 0 Å². The van der Waals surface area contributed by atoms with E-state index in [0.717, 1.165) is 36.1 Å². The Morgan fingerprint density at radius 2 is 1.94 bits per heavy atom. The number of methoxy groups -OCH3 is 2. The second-order valence-electron chi connectivity index (χ2n) is 8.23. The molecule has 2 aromatic carbocycles. The van der Waals surface area contributed by atoms with E-state index in [-0.39, 0.29) is 17.9 Å². The molecule has 1 fully saturated rings. The molecule has 3 unspecified atom stereocenters. The Kier molecular flexibility index (Phi) is 5.90. The summed E-state index contributed by atoms with van der Waals surface area (Å²) >= 11 is 5.46. The molecule has 2 aromatic rings. The molecule has 1 heterocycles. The lowest BCUT2D eigenvalue weighted by molar-refractivity contribution is -0.132. The highest BCUT2D eigenvalue weighted by Gasteiger charge is 2.58. The van der Waals surface area contributed by atoms with Crippen LogP contribution in [0.2, 0.25) is 0 Å². The van der Waals surface area contributed by atoms with Gasteiger partial charge in [-0.3, -0.25) is 9.69 Å². The van der Waals surface area contributed by atoms with Gasteiger partial charge in [0.15, 0.2) is 5.11 Å². The minimum atomic E-state index is -0.859. The zero-order valence-corrected chi connectivity index (χ0v) is 19.1. The van der Waals surface area contributed by atoms with Crippen LogP contribution in [0.1, 0.15) is 30.9 Å². The number of benzene rings is 2. The summed E-state index contributed by atoms with van der Waals surface area (Å²) in [5.74, 6) is 2.15. The fraction of sp³-hybridized carbons (Fsp3) is 0.417. The van der Waals surface area contributed by atoms with Crippen molar-refractivity contribution in [2.24, 2.45) is 5.92 Å². The summed E-state index contributed by atoms with van der Waals surface area (Å²) in [5, 5.41) is 3.84. The molecule has 31 heavy (non-hydrogen) atoms. The monoisotopic (exact) mass is 440 g/mol. The van der Waals surface area contributed by atoms with Gasteiger partial charge in [0.2, 0.25) is 0 Å². The normalized spacial score (nSPS) is 23.1. The molecule has 4 rings (SSSR count). The first-order valence-corrected chi connectivity index (χ1v) is 10.9. The fourth-order valence-electron chi connectivity index (χ4n) is 4.60. The summed E-state index contributed by atoms with van der Waals surface area (Å²) in [6.45, 7) is 2.05. The molecule has 1 N–H and O–H groups in total. The number of thiocarbonyl (C=S) groups is 1. The van der Waals surface area contributed by atoms with E-state index in [1.165, 1.54) is 0 Å². The van der Waals surface area contributed by atoms with Gasteiger partial charge in [0.05, 0.1) is 13.2 Å². The maximum absolute atomic E-state index is 13.5. The molecular formula is C24H28N2O4S. The zero-order chi connectivity index (χ0) is 22.2. The Morgan fingerprint density at radius 1 is 1.19 bits per heavy atom. The Morgan fingerprint density at radius 3 is 2.61 bits per heavy atom. The summed E-state index contributed by atoms with van der Waals surface area (Å²) in [6, 6.07) is 13.4. The van der Waals surface area contributed by atoms with Crippen LogP contribution in [-0.4, -0.2) is 43.3 Å². The third-order valence-electron chi connectivity index (χ3n) is 6.44. The van der Waals surface area contributed by atoms with Crippen LogP contribution in [0.3, 0.4) is 0 Å². The van der Waals surface area contributed by atoms with E-state index < -0.39 is 5.54 Å². The van der Waals surface area contributed by atoms with Crippen molar-refractivity contribution in [3.8, 4) is 17.2 Å². The number of carbonyl (C=O) groups is 1. The summed E-state index contributed by atoms with van der Waals surface area (Å²) in [7, 11) is 5.07. The molecule has 1 aliphatic carbocycles. The highest BCUT2D eigenvalue weighted by molar-refractivity contribution is 7.80. The molecule has 1 saturated heterocycles. The molecule has 7 heteroatoms. The van der Waals surface area contributed by atoms with Crippen molar-refractivity contribution in [3.63, 3.8) is 0 Å². The van der Waals surface area contributed by atoms with Crippen LogP contribution in [0, 0.1) is 5.92 Å². The molecule has 1 aliphatic heterocycles. The minimum absolute atomic E-state index is 0.00940. The minimum Gasteiger partial charge on any atom is -0.497 e. The van der Waals surface area contributed by atoms with Gasteiger partial charge in [-0.25, -0.2) is 0 Å². The second kappa shape index (κ2) is 8.48. The average Bonchev–Trinajstić information content (AvgIpc) is 3.21. The van der Waals surface area contributed by atoms with Gasteiger partial charge in [0.25, 0.3) is 5.91 Å². The highest BCUT2D eigenvalue weighted by atomic mass is 32.1. The first kappa shape index (κ1) is 21.6. The summed E-state index contributed by atoms with van der Waals surface area (Å²) in [6.07, 6.45) is 2.66. The Balaban J connectivity index is 1.69. The maximum atomic E-state index is 13.5. The maximum Gasteiger partial charge on any atom is 0.259 e. The molecule has 0 saturated carbocycles. The van der Waals surface area contributed by atoms with Gasteiger partial charge in [0.1, 0.15) is 22.8 Å². The van der Waals surface area contributed by atoms with E-state index in [4.69, 9.17) is 26.4 Å². The Bertz CT molecular complexity index is 1010. The van der Waals surface area contributed by atoms with Crippen LogP contribution in [0.5, 0.6) is 17.2 Å². The van der Waals surface area contributed by atoms with Crippen LogP contribution in [-0.2, 0) is 21.5 Å². The van der Waals surface area contributed by atoms with Gasteiger partial charge < -0.3 is 19.5 Å². The summed E-state index contributed by atoms with van der Waals surface area (Å²) in [5.41, 5.74) is 1.23. The van der Waals surface area contributed by atoms with Crippen molar-refractivity contribution in [2.75, 3.05) is 21.3 Å². The number of nitrogens with zero attached hydrogens (tertiary/aromatic N) is 1. The average molecular weight is 441 g/mol. The molecule has 0 aromatic heterocycles. The Labute approximate surface area is 188 Å². The highest BCUT2D eigenvalue weighted by Crippen LogP contribution is 2.48. The van der Waals surface area contributed by atoms with Crippen LogP contribution >= 0.6 is 12.2 Å². The number of hydrogen-bond donors (Lipinski definition) is 1. The molecule has 2 aliphatic rings. The number of rotatable bonds is 7. The smallest absolute Gasteiger partial charge is 0.259 e. The molecule has 1 amide bonds. The molecule has 3 atom stereocenters. The quantitative estimate of drug-likeness (QED) is 0.657. The number of hydrogen-bond acceptors (Lipinski definition) is 5. The molecule has 0 bridgehead atoms. The lowest BCUT2D eigenvalue weighted by Crippen LogP contribution is -2.48. The van der Waals surface area contributed by atoms with Crippen molar-refractivity contribution in [3.05, 3.63) is 53.6 Å². The van der Waals surface area contributed by atoms with Crippen molar-refractivity contribution in [1.82, 2.24) is 10.2 Å². The number of amides is 1. The lowest BCUT2D eigenvalue weighted by atomic mass is 9.80. The van der Waals surface area contributed by atoms with Crippen LogP contribution in [0.15, 0.2) is 42.5 Å². The van der Waals surface area contributed by atoms with E-state index in [1.807, 2.05) is 36.4 Å². The predicted octanol–water partition coefficient (Wildman–Crippen LogP) is 4.02. The fourth-order valence-corrected chi connectivity index (χ4v) is 4.84. The summed E-state index contributed by atoms with van der Waals surface area (Å²) in [4.78, 5) is 15.0. The van der Waals surface area contributed by atoms with Crippen molar-refractivity contribution in [1.29, 1.82) is 0 Å². The zero-order valence-electron chi connectivity index (χ0n) is 18.3. The molecule has 6 nitrogen and oxygen atoms in total. The van der Waals surface area contributed by atoms with Crippen molar-refractivity contribution in [2.45, 2.75) is 37.8 Å². The van der Waals surface area contributed by atoms with Gasteiger partial charge >= 0.3 is 0 Å². The van der Waals surface area contributed by atoms with E-state index in [2.05, 4.69) is 18.3 Å².